The number of hydrogen-bond donors (Lipinski definition) is 0. The second kappa shape index (κ2) is 14.8. The molecule has 0 bridgehead atoms. The van der Waals surface area contributed by atoms with Crippen LogP contribution in [-0.2, 0) is 0 Å². The first-order valence-corrected chi connectivity index (χ1v) is 26.4. The zero-order valence-corrected chi connectivity index (χ0v) is 37.6. The molecule has 5 heteroatoms. The van der Waals surface area contributed by atoms with Gasteiger partial charge in [0.15, 0.2) is 16.1 Å². The maximum atomic E-state index is 6.69. The summed E-state index contributed by atoms with van der Waals surface area (Å²) < 4.78 is 6.69. The third-order valence-corrected chi connectivity index (χ3v) is 23.7. The number of fused-ring (bicyclic) bond motifs is 7. The lowest BCUT2D eigenvalue weighted by Crippen LogP contribution is -2.77. The van der Waals surface area contributed by atoms with Crippen molar-refractivity contribution < 1.29 is 4.42 Å². The van der Waals surface area contributed by atoms with Gasteiger partial charge in [-0.25, -0.2) is 0 Å². The molecule has 65 heavy (non-hydrogen) atoms. The van der Waals surface area contributed by atoms with E-state index in [0.29, 0.717) is 0 Å². The van der Waals surface area contributed by atoms with E-state index >= 15 is 0 Å². The minimum atomic E-state index is -2.74. The van der Waals surface area contributed by atoms with Gasteiger partial charge in [-0.1, -0.05) is 194 Å². The SMILES string of the molecule is c1ccc([Si]2(c3ccccc3)c3ccccc3N(c3ccc4oc5ccc(N6c7ccccc7[Si](c7ccccc7)(c7ccccc7)c7ccccc76)cc5c4c3)c3ccccc32)cc1. The molecule has 0 aliphatic carbocycles. The summed E-state index contributed by atoms with van der Waals surface area (Å²) in [7, 11) is -5.47. The van der Waals surface area contributed by atoms with Gasteiger partial charge >= 0.3 is 0 Å². The van der Waals surface area contributed by atoms with Gasteiger partial charge < -0.3 is 14.2 Å². The van der Waals surface area contributed by atoms with Crippen LogP contribution in [0, 0.1) is 0 Å². The highest BCUT2D eigenvalue weighted by molar-refractivity contribution is 7.22. The van der Waals surface area contributed by atoms with Gasteiger partial charge in [-0.05, 0) is 102 Å². The van der Waals surface area contributed by atoms with Crippen LogP contribution in [0.3, 0.4) is 0 Å². The predicted molar refractivity (Wildman–Crippen MR) is 277 cm³/mol. The second-order valence-electron chi connectivity index (χ2n) is 17.2. The minimum absolute atomic E-state index is 0.871. The van der Waals surface area contributed by atoms with Gasteiger partial charge in [0.2, 0.25) is 0 Å². The van der Waals surface area contributed by atoms with Gasteiger partial charge in [0.05, 0.1) is 0 Å². The van der Waals surface area contributed by atoms with Crippen LogP contribution in [0.4, 0.5) is 34.1 Å². The Balaban J connectivity index is 1.01. The van der Waals surface area contributed by atoms with E-state index in [1.807, 2.05) is 0 Å². The first-order chi connectivity index (χ1) is 32.3. The molecule has 0 amide bonds. The normalized spacial score (nSPS) is 14.3. The van der Waals surface area contributed by atoms with E-state index < -0.39 is 16.1 Å². The van der Waals surface area contributed by atoms with Gasteiger partial charge in [-0.3, -0.25) is 0 Å². The average Bonchev–Trinajstić information content (AvgIpc) is 3.75. The number of anilines is 6. The fourth-order valence-corrected chi connectivity index (χ4v) is 21.6. The van der Waals surface area contributed by atoms with Crippen molar-refractivity contribution in [2.75, 3.05) is 9.80 Å². The highest BCUT2D eigenvalue weighted by atomic mass is 28.3. The quantitative estimate of drug-likeness (QED) is 0.155. The Morgan fingerprint density at radius 3 is 0.815 bits per heavy atom. The van der Waals surface area contributed by atoms with Crippen LogP contribution in [-0.4, -0.2) is 16.1 Å². The Bertz CT molecular complexity index is 3160. The predicted octanol–water partition coefficient (Wildman–Crippen LogP) is 9.91. The molecule has 0 unspecified atom stereocenters. The van der Waals surface area contributed by atoms with Crippen LogP contribution in [0.15, 0.2) is 259 Å². The largest absolute Gasteiger partial charge is 0.456 e. The topological polar surface area (TPSA) is 19.6 Å². The fraction of sp³-hybridized carbons (Fsp3) is 0. The first kappa shape index (κ1) is 37.6. The van der Waals surface area contributed by atoms with Crippen molar-refractivity contribution in [1.82, 2.24) is 0 Å². The Kier molecular flexibility index (Phi) is 8.56. The summed E-state index contributed by atoms with van der Waals surface area (Å²) in [5.74, 6) is 0. The lowest BCUT2D eigenvalue weighted by Gasteiger charge is -2.45. The molecule has 11 aromatic rings. The van der Waals surface area contributed by atoms with E-state index in [1.54, 1.807) is 0 Å². The van der Waals surface area contributed by atoms with Crippen molar-refractivity contribution in [1.29, 1.82) is 0 Å². The number of hydrogen-bond acceptors (Lipinski definition) is 3. The molecule has 1 aromatic heterocycles. The third-order valence-electron chi connectivity index (χ3n) is 14.0. The molecule has 2 aliphatic rings. The summed E-state index contributed by atoms with van der Waals surface area (Å²) in [5, 5.41) is 13.2. The summed E-state index contributed by atoms with van der Waals surface area (Å²) in [6.45, 7) is 0. The van der Waals surface area contributed by atoms with Gasteiger partial charge in [0.25, 0.3) is 0 Å². The molecule has 0 spiro atoms. The summed E-state index contributed by atoms with van der Waals surface area (Å²) >= 11 is 0. The van der Waals surface area contributed by atoms with E-state index in [4.69, 9.17) is 4.42 Å². The molecule has 3 heterocycles. The van der Waals surface area contributed by atoms with E-state index in [0.717, 1.165) is 33.3 Å². The molecule has 3 nitrogen and oxygen atoms in total. The molecular weight excluding hydrogens is 821 g/mol. The van der Waals surface area contributed by atoms with Gasteiger partial charge in [0.1, 0.15) is 11.2 Å². The van der Waals surface area contributed by atoms with E-state index in [2.05, 4.69) is 265 Å². The Labute approximate surface area is 380 Å². The second-order valence-corrected chi connectivity index (χ2v) is 24.6. The Morgan fingerprint density at radius 2 is 0.523 bits per heavy atom. The Hall–Kier alpha value is -7.97. The molecule has 0 saturated carbocycles. The number of rotatable bonds is 6. The standard InChI is InChI=1S/C60H42N2OSi2/c1-5-21-45(22-6-1)64(46-23-7-2-8-24-46)57-33-17-13-29-51(57)61(52-30-14-18-34-58(52)64)43-37-39-55-49(41-43)50-42-44(38-40-56(50)63-55)62-53-31-15-19-35-59(53)65(47-25-9-3-10-26-47,48-27-11-4-12-28-48)60-36-20-16-32-54(60)62/h1-42H. The van der Waals surface area contributed by atoms with Crippen molar-refractivity contribution in [2.24, 2.45) is 0 Å². The number of para-hydroxylation sites is 4. The van der Waals surface area contributed by atoms with Crippen LogP contribution < -0.4 is 51.3 Å². The highest BCUT2D eigenvalue weighted by Gasteiger charge is 2.50. The molecular formula is C60H42N2OSi2. The molecule has 0 saturated heterocycles. The first-order valence-electron chi connectivity index (χ1n) is 22.4. The van der Waals surface area contributed by atoms with Crippen molar-refractivity contribution in [3.8, 4) is 0 Å². The zero-order chi connectivity index (χ0) is 43.0. The summed E-state index contributed by atoms with van der Waals surface area (Å²) in [4.78, 5) is 4.97. The molecule has 0 fully saturated rings. The number of furan rings is 1. The molecule has 13 rings (SSSR count). The molecule has 0 N–H and O–H groups in total. The maximum absolute atomic E-state index is 6.69. The summed E-state index contributed by atoms with van der Waals surface area (Å²) in [5.41, 5.74) is 8.79. The zero-order valence-electron chi connectivity index (χ0n) is 35.6. The third kappa shape index (κ3) is 5.40. The van der Waals surface area contributed by atoms with Crippen molar-refractivity contribution in [2.45, 2.75) is 0 Å². The molecule has 2 aliphatic heterocycles. The van der Waals surface area contributed by atoms with Crippen LogP contribution >= 0.6 is 0 Å². The summed E-state index contributed by atoms with van der Waals surface area (Å²) in [6.07, 6.45) is 0. The van der Waals surface area contributed by atoms with E-state index in [9.17, 15) is 0 Å². The molecule has 10 aromatic carbocycles. The van der Waals surface area contributed by atoms with Crippen molar-refractivity contribution in [3.63, 3.8) is 0 Å². The highest BCUT2D eigenvalue weighted by Crippen LogP contribution is 2.44. The lowest BCUT2D eigenvalue weighted by molar-refractivity contribution is 0.669. The smallest absolute Gasteiger partial charge is 0.184 e. The lowest BCUT2D eigenvalue weighted by atomic mass is 10.1. The fourth-order valence-electron chi connectivity index (χ4n) is 11.4. The van der Waals surface area contributed by atoms with Gasteiger partial charge in [-0.15, -0.1) is 0 Å². The van der Waals surface area contributed by atoms with Gasteiger partial charge in [0, 0.05) is 44.9 Å². The molecule has 306 valence electrons. The van der Waals surface area contributed by atoms with Gasteiger partial charge in [-0.2, -0.15) is 0 Å². The maximum Gasteiger partial charge on any atom is 0.184 e. The van der Waals surface area contributed by atoms with Crippen LogP contribution in [0.2, 0.25) is 0 Å². The molecule has 0 atom stereocenters. The van der Waals surface area contributed by atoms with Crippen LogP contribution in [0.25, 0.3) is 21.9 Å². The number of nitrogens with zero attached hydrogens (tertiary/aromatic N) is 2. The summed E-state index contributed by atoms with van der Waals surface area (Å²) in [6, 6.07) is 94.7. The van der Waals surface area contributed by atoms with Crippen LogP contribution in [0.5, 0.6) is 0 Å². The monoisotopic (exact) mass is 862 g/mol. The van der Waals surface area contributed by atoms with Crippen LogP contribution in [0.1, 0.15) is 0 Å². The average molecular weight is 863 g/mol. The molecule has 0 radical (unpaired) electrons. The van der Waals surface area contributed by atoms with E-state index in [-0.39, 0.29) is 0 Å². The number of benzene rings is 10. The van der Waals surface area contributed by atoms with E-state index in [1.165, 1.54) is 64.2 Å². The minimum Gasteiger partial charge on any atom is -0.456 e. The van der Waals surface area contributed by atoms with Crippen molar-refractivity contribution >= 4 is 114 Å². The Morgan fingerprint density at radius 1 is 0.262 bits per heavy atom. The van der Waals surface area contributed by atoms with Crippen molar-refractivity contribution in [3.05, 3.63) is 255 Å².